The van der Waals surface area contributed by atoms with Crippen molar-refractivity contribution < 1.29 is 9.47 Å². The first-order valence-electron chi connectivity index (χ1n) is 6.56. The molecule has 0 radical (unpaired) electrons. The van der Waals surface area contributed by atoms with Gasteiger partial charge in [-0.2, -0.15) is 0 Å². The van der Waals surface area contributed by atoms with Crippen LogP contribution in [0.3, 0.4) is 0 Å². The molecule has 0 aromatic heterocycles. The van der Waals surface area contributed by atoms with E-state index in [1.165, 1.54) is 6.42 Å². The summed E-state index contributed by atoms with van der Waals surface area (Å²) in [6, 6.07) is 5.83. The van der Waals surface area contributed by atoms with E-state index in [1.807, 2.05) is 18.2 Å². The Balaban J connectivity index is 2.64. The second kappa shape index (κ2) is 7.27. The first kappa shape index (κ1) is 14.8. The molecule has 18 heavy (non-hydrogen) atoms. The summed E-state index contributed by atoms with van der Waals surface area (Å²) in [5.41, 5.74) is 6.69. The van der Waals surface area contributed by atoms with E-state index in [2.05, 4.69) is 20.8 Å². The maximum Gasteiger partial charge on any atom is 0.161 e. The van der Waals surface area contributed by atoms with Crippen LogP contribution >= 0.6 is 0 Å². The van der Waals surface area contributed by atoms with Crippen molar-refractivity contribution in [3.8, 4) is 11.5 Å². The maximum absolute atomic E-state index is 5.85. The zero-order chi connectivity index (χ0) is 13.5. The van der Waals surface area contributed by atoms with E-state index in [4.69, 9.17) is 15.2 Å². The van der Waals surface area contributed by atoms with Crippen molar-refractivity contribution in [1.82, 2.24) is 0 Å². The first-order valence-corrected chi connectivity index (χ1v) is 6.56. The molecule has 0 heterocycles. The molecule has 0 spiro atoms. The van der Waals surface area contributed by atoms with Gasteiger partial charge in [0.05, 0.1) is 13.7 Å². The average molecular weight is 251 g/mol. The second-order valence-electron chi connectivity index (χ2n) is 5.24. The monoisotopic (exact) mass is 251 g/mol. The number of methoxy groups -OCH3 is 1. The van der Waals surface area contributed by atoms with Gasteiger partial charge in [0.2, 0.25) is 0 Å². The third-order valence-corrected chi connectivity index (χ3v) is 2.86. The van der Waals surface area contributed by atoms with E-state index < -0.39 is 0 Å². The third kappa shape index (κ3) is 4.57. The largest absolute Gasteiger partial charge is 0.493 e. The van der Waals surface area contributed by atoms with Gasteiger partial charge < -0.3 is 15.2 Å². The molecule has 0 saturated carbocycles. The predicted octanol–water partition coefficient (Wildman–Crippen LogP) is 3.21. The predicted molar refractivity (Wildman–Crippen MR) is 75.0 cm³/mol. The summed E-state index contributed by atoms with van der Waals surface area (Å²) in [5.74, 6) is 2.79. The number of ether oxygens (including phenoxy) is 2. The van der Waals surface area contributed by atoms with Gasteiger partial charge in [0.1, 0.15) is 0 Å². The highest BCUT2D eigenvalue weighted by Gasteiger charge is 2.09. The fourth-order valence-electron chi connectivity index (χ4n) is 2.07. The molecule has 2 N–H and O–H groups in total. The van der Waals surface area contributed by atoms with E-state index in [0.29, 0.717) is 25.0 Å². The van der Waals surface area contributed by atoms with E-state index >= 15 is 0 Å². The van der Waals surface area contributed by atoms with E-state index in [-0.39, 0.29) is 0 Å². The Bertz CT molecular complexity index is 364. The number of hydrogen-bond acceptors (Lipinski definition) is 3. The lowest BCUT2D eigenvalue weighted by atomic mass is 10.00. The Hall–Kier alpha value is -1.22. The summed E-state index contributed by atoms with van der Waals surface area (Å²) in [6.45, 7) is 7.89. The summed E-state index contributed by atoms with van der Waals surface area (Å²) < 4.78 is 11.1. The summed E-state index contributed by atoms with van der Waals surface area (Å²) in [4.78, 5) is 0. The van der Waals surface area contributed by atoms with Gasteiger partial charge in [0.15, 0.2) is 11.5 Å². The lowest BCUT2D eigenvalue weighted by Gasteiger charge is -2.17. The summed E-state index contributed by atoms with van der Waals surface area (Å²) in [7, 11) is 1.65. The molecule has 1 unspecified atom stereocenters. The van der Waals surface area contributed by atoms with Crippen LogP contribution in [0.2, 0.25) is 0 Å². The summed E-state index contributed by atoms with van der Waals surface area (Å²) >= 11 is 0. The van der Waals surface area contributed by atoms with Crippen molar-refractivity contribution in [3.05, 3.63) is 23.8 Å². The smallest absolute Gasteiger partial charge is 0.161 e. The normalized spacial score (nSPS) is 12.6. The number of rotatable bonds is 7. The zero-order valence-corrected chi connectivity index (χ0v) is 11.9. The van der Waals surface area contributed by atoms with Crippen LogP contribution in [-0.4, -0.2) is 13.7 Å². The van der Waals surface area contributed by atoms with Crippen LogP contribution in [0.4, 0.5) is 0 Å². The quantitative estimate of drug-likeness (QED) is 0.809. The molecule has 1 atom stereocenters. The highest BCUT2D eigenvalue weighted by atomic mass is 16.5. The van der Waals surface area contributed by atoms with Crippen molar-refractivity contribution in [3.63, 3.8) is 0 Å². The molecule has 0 saturated heterocycles. The van der Waals surface area contributed by atoms with E-state index in [1.54, 1.807) is 7.11 Å². The Kier molecular flexibility index (Phi) is 5.99. The van der Waals surface area contributed by atoms with Gasteiger partial charge in [0, 0.05) is 6.54 Å². The Morgan fingerprint density at radius 1 is 1.17 bits per heavy atom. The van der Waals surface area contributed by atoms with Gasteiger partial charge in [0.25, 0.3) is 0 Å². The van der Waals surface area contributed by atoms with Crippen LogP contribution in [0.1, 0.15) is 32.8 Å². The zero-order valence-electron chi connectivity index (χ0n) is 11.9. The van der Waals surface area contributed by atoms with Crippen LogP contribution in [0, 0.1) is 11.8 Å². The van der Waals surface area contributed by atoms with Crippen LogP contribution in [-0.2, 0) is 6.54 Å². The molecule has 0 aliphatic carbocycles. The van der Waals surface area contributed by atoms with Crippen molar-refractivity contribution in [2.45, 2.75) is 33.7 Å². The molecule has 1 aromatic carbocycles. The molecule has 3 heteroatoms. The topological polar surface area (TPSA) is 44.5 Å². The Morgan fingerprint density at radius 3 is 2.44 bits per heavy atom. The third-order valence-electron chi connectivity index (χ3n) is 2.86. The van der Waals surface area contributed by atoms with Gasteiger partial charge in [-0.3, -0.25) is 0 Å². The molecule has 0 bridgehead atoms. The minimum atomic E-state index is 0.516. The first-order chi connectivity index (χ1) is 8.56. The van der Waals surface area contributed by atoms with E-state index in [9.17, 15) is 0 Å². The number of benzene rings is 1. The highest BCUT2D eigenvalue weighted by Crippen LogP contribution is 2.28. The molecule has 1 rings (SSSR count). The Labute approximate surface area is 110 Å². The van der Waals surface area contributed by atoms with Gasteiger partial charge >= 0.3 is 0 Å². The van der Waals surface area contributed by atoms with E-state index in [0.717, 1.165) is 17.1 Å². The molecule has 102 valence electrons. The molecular formula is C15H25NO2. The Morgan fingerprint density at radius 2 is 1.89 bits per heavy atom. The van der Waals surface area contributed by atoms with Gasteiger partial charge in [-0.1, -0.05) is 26.8 Å². The number of hydrogen-bond donors (Lipinski definition) is 1. The van der Waals surface area contributed by atoms with Crippen molar-refractivity contribution in [2.24, 2.45) is 17.6 Å². The van der Waals surface area contributed by atoms with Gasteiger partial charge in [-0.05, 0) is 36.0 Å². The standard InChI is InChI=1S/C15H25NO2/c1-11(2)7-12(3)10-18-15-8-13(9-16)5-6-14(15)17-4/h5-6,8,11-12H,7,9-10,16H2,1-4H3. The molecule has 1 aromatic rings. The lowest BCUT2D eigenvalue weighted by molar-refractivity contribution is 0.229. The SMILES string of the molecule is COc1ccc(CN)cc1OCC(C)CC(C)C. The molecular weight excluding hydrogens is 226 g/mol. The molecule has 3 nitrogen and oxygen atoms in total. The minimum absolute atomic E-state index is 0.516. The van der Waals surface area contributed by atoms with Crippen LogP contribution in [0.25, 0.3) is 0 Å². The lowest BCUT2D eigenvalue weighted by Crippen LogP contribution is -2.11. The van der Waals surface area contributed by atoms with Crippen molar-refractivity contribution in [2.75, 3.05) is 13.7 Å². The minimum Gasteiger partial charge on any atom is -0.493 e. The fourth-order valence-corrected chi connectivity index (χ4v) is 2.07. The number of nitrogens with two attached hydrogens (primary N) is 1. The molecule has 0 aliphatic rings. The van der Waals surface area contributed by atoms with Crippen LogP contribution in [0.15, 0.2) is 18.2 Å². The van der Waals surface area contributed by atoms with Gasteiger partial charge in [-0.25, -0.2) is 0 Å². The highest BCUT2D eigenvalue weighted by molar-refractivity contribution is 5.42. The second-order valence-corrected chi connectivity index (χ2v) is 5.24. The van der Waals surface area contributed by atoms with Crippen molar-refractivity contribution in [1.29, 1.82) is 0 Å². The van der Waals surface area contributed by atoms with Gasteiger partial charge in [-0.15, -0.1) is 0 Å². The van der Waals surface area contributed by atoms with Crippen LogP contribution in [0.5, 0.6) is 11.5 Å². The molecule has 0 amide bonds. The van der Waals surface area contributed by atoms with Crippen LogP contribution < -0.4 is 15.2 Å². The summed E-state index contributed by atoms with van der Waals surface area (Å²) in [5, 5.41) is 0. The summed E-state index contributed by atoms with van der Waals surface area (Å²) in [6.07, 6.45) is 1.17. The maximum atomic E-state index is 5.85. The fraction of sp³-hybridized carbons (Fsp3) is 0.600. The molecule has 0 aliphatic heterocycles. The molecule has 0 fully saturated rings. The van der Waals surface area contributed by atoms with Crippen molar-refractivity contribution >= 4 is 0 Å². The average Bonchev–Trinajstić information content (AvgIpc) is 2.35.